The Morgan fingerprint density at radius 1 is 1.20 bits per heavy atom. The number of urea groups is 1. The summed E-state index contributed by atoms with van der Waals surface area (Å²) in [5.41, 5.74) is 2.86. The largest absolute Gasteiger partial charge is 0.497 e. The number of hydrogen-bond donors (Lipinski definition) is 1. The molecule has 1 atom stereocenters. The fourth-order valence-electron chi connectivity index (χ4n) is 2.86. The second kappa shape index (κ2) is 7.70. The van der Waals surface area contributed by atoms with Gasteiger partial charge in [-0.05, 0) is 30.7 Å². The molecule has 1 fully saturated rings. The Morgan fingerprint density at radius 3 is 2.72 bits per heavy atom. The molecule has 1 unspecified atom stereocenters. The van der Waals surface area contributed by atoms with Crippen molar-refractivity contribution in [1.29, 1.82) is 0 Å². The minimum atomic E-state index is -0.0952. The molecule has 0 aliphatic carbocycles. The van der Waals surface area contributed by atoms with Crippen LogP contribution in [0.1, 0.15) is 16.5 Å². The molecule has 0 saturated carbocycles. The minimum Gasteiger partial charge on any atom is -0.497 e. The highest BCUT2D eigenvalue weighted by Crippen LogP contribution is 2.43. The average molecular weight is 358 g/mol. The normalized spacial score (nSPS) is 16.6. The van der Waals surface area contributed by atoms with Gasteiger partial charge in [0.05, 0.1) is 14.2 Å². The fourth-order valence-corrected chi connectivity index (χ4v) is 4.14. The minimum absolute atomic E-state index is 0.0788. The molecule has 6 heteroatoms. The van der Waals surface area contributed by atoms with E-state index in [1.54, 1.807) is 26.0 Å². The van der Waals surface area contributed by atoms with E-state index in [-0.39, 0.29) is 11.4 Å². The van der Waals surface area contributed by atoms with Gasteiger partial charge in [-0.1, -0.05) is 18.2 Å². The lowest BCUT2D eigenvalue weighted by atomic mass is 10.1. The molecule has 2 aromatic rings. The van der Waals surface area contributed by atoms with E-state index in [1.165, 1.54) is 0 Å². The zero-order valence-corrected chi connectivity index (χ0v) is 15.4. The van der Waals surface area contributed by atoms with Gasteiger partial charge in [0.2, 0.25) is 0 Å². The molecule has 3 rings (SSSR count). The number of amides is 2. The van der Waals surface area contributed by atoms with Gasteiger partial charge >= 0.3 is 6.03 Å². The monoisotopic (exact) mass is 358 g/mol. The summed E-state index contributed by atoms with van der Waals surface area (Å²) in [6.45, 7) is 2.68. The van der Waals surface area contributed by atoms with Crippen LogP contribution in [0.2, 0.25) is 0 Å². The summed E-state index contributed by atoms with van der Waals surface area (Å²) in [6, 6.07) is 13.4. The molecule has 1 aliphatic heterocycles. The Kier molecular flexibility index (Phi) is 5.38. The van der Waals surface area contributed by atoms with Crippen LogP contribution in [0, 0.1) is 6.92 Å². The highest BCUT2D eigenvalue weighted by Gasteiger charge is 2.33. The number of para-hydroxylation sites is 1. The number of carbonyl (C=O) groups is 1. The molecule has 132 valence electrons. The number of rotatable bonds is 4. The van der Waals surface area contributed by atoms with Crippen LogP contribution < -0.4 is 14.8 Å². The number of benzene rings is 2. The third-order valence-electron chi connectivity index (χ3n) is 4.25. The van der Waals surface area contributed by atoms with Crippen LogP contribution in [-0.2, 0) is 0 Å². The standard InChI is InChI=1S/C19H22N2O3S/c1-13-6-4-5-7-16(13)20-19(22)21-10-11-25-18(21)15-9-8-14(23-2)12-17(15)24-3/h4-9,12,18H,10-11H2,1-3H3,(H,20,22). The van der Waals surface area contributed by atoms with Gasteiger partial charge in [-0.15, -0.1) is 11.8 Å². The first kappa shape index (κ1) is 17.5. The molecule has 0 aromatic heterocycles. The molecule has 2 amide bonds. The Morgan fingerprint density at radius 2 is 2.00 bits per heavy atom. The van der Waals surface area contributed by atoms with Gasteiger partial charge in [0.1, 0.15) is 16.9 Å². The van der Waals surface area contributed by atoms with Crippen molar-refractivity contribution in [3.8, 4) is 11.5 Å². The summed E-state index contributed by atoms with van der Waals surface area (Å²) in [5, 5.41) is 2.94. The van der Waals surface area contributed by atoms with Crippen LogP contribution in [0.3, 0.4) is 0 Å². The van der Waals surface area contributed by atoms with Gasteiger partial charge in [-0.2, -0.15) is 0 Å². The first-order valence-corrected chi connectivity index (χ1v) is 9.15. The molecule has 1 saturated heterocycles. The number of anilines is 1. The zero-order chi connectivity index (χ0) is 17.8. The van der Waals surface area contributed by atoms with Crippen molar-refractivity contribution in [1.82, 2.24) is 4.90 Å². The van der Waals surface area contributed by atoms with Crippen LogP contribution in [0.25, 0.3) is 0 Å². The Hall–Kier alpha value is -2.34. The third-order valence-corrected chi connectivity index (χ3v) is 5.49. The Labute approximate surface area is 152 Å². The van der Waals surface area contributed by atoms with Crippen LogP contribution in [-0.4, -0.2) is 37.4 Å². The summed E-state index contributed by atoms with van der Waals surface area (Å²) in [6.07, 6.45) is 0. The second-order valence-corrected chi connectivity index (χ2v) is 6.96. The second-order valence-electron chi connectivity index (χ2n) is 5.77. The SMILES string of the molecule is COc1ccc(C2SCCN2C(=O)Nc2ccccc2C)c(OC)c1. The molecule has 0 spiro atoms. The highest BCUT2D eigenvalue weighted by molar-refractivity contribution is 7.99. The van der Waals surface area contributed by atoms with E-state index in [9.17, 15) is 4.79 Å². The van der Waals surface area contributed by atoms with E-state index in [0.29, 0.717) is 6.54 Å². The van der Waals surface area contributed by atoms with Gasteiger partial charge in [0.15, 0.2) is 0 Å². The number of ether oxygens (including phenoxy) is 2. The summed E-state index contributed by atoms with van der Waals surface area (Å²) < 4.78 is 10.8. The van der Waals surface area contributed by atoms with Crippen molar-refractivity contribution >= 4 is 23.5 Å². The van der Waals surface area contributed by atoms with Crippen molar-refractivity contribution in [2.75, 3.05) is 31.8 Å². The molecule has 25 heavy (non-hydrogen) atoms. The summed E-state index contributed by atoms with van der Waals surface area (Å²) in [4.78, 5) is 14.7. The van der Waals surface area contributed by atoms with Crippen LogP contribution >= 0.6 is 11.8 Å². The van der Waals surface area contributed by atoms with Crippen molar-refractivity contribution < 1.29 is 14.3 Å². The predicted molar refractivity (Wildman–Crippen MR) is 102 cm³/mol. The van der Waals surface area contributed by atoms with Gasteiger partial charge in [-0.3, -0.25) is 0 Å². The fraction of sp³-hybridized carbons (Fsp3) is 0.316. The smallest absolute Gasteiger partial charge is 0.323 e. The van der Waals surface area contributed by atoms with Crippen molar-refractivity contribution in [3.05, 3.63) is 53.6 Å². The van der Waals surface area contributed by atoms with Crippen LogP contribution in [0.15, 0.2) is 42.5 Å². The van der Waals surface area contributed by atoms with E-state index in [0.717, 1.165) is 34.1 Å². The number of aryl methyl sites for hydroxylation is 1. The molecular weight excluding hydrogens is 336 g/mol. The summed E-state index contributed by atoms with van der Waals surface area (Å²) in [7, 11) is 3.26. The van der Waals surface area contributed by atoms with Crippen LogP contribution in [0.5, 0.6) is 11.5 Å². The van der Waals surface area contributed by atoms with E-state index in [4.69, 9.17) is 9.47 Å². The molecule has 5 nitrogen and oxygen atoms in total. The summed E-state index contributed by atoms with van der Waals surface area (Å²) in [5.74, 6) is 2.35. The number of nitrogens with one attached hydrogen (secondary N) is 1. The van der Waals surface area contributed by atoms with Crippen LogP contribution in [0.4, 0.5) is 10.5 Å². The zero-order valence-electron chi connectivity index (χ0n) is 14.6. The number of hydrogen-bond acceptors (Lipinski definition) is 4. The first-order valence-electron chi connectivity index (χ1n) is 8.11. The number of thioether (sulfide) groups is 1. The number of methoxy groups -OCH3 is 2. The van der Waals surface area contributed by atoms with Gasteiger partial charge in [-0.25, -0.2) is 4.79 Å². The third kappa shape index (κ3) is 3.69. The quantitative estimate of drug-likeness (QED) is 0.886. The van der Waals surface area contributed by atoms with Gasteiger partial charge < -0.3 is 19.7 Å². The van der Waals surface area contributed by atoms with E-state index < -0.39 is 0 Å². The van der Waals surface area contributed by atoms with Crippen molar-refractivity contribution in [2.45, 2.75) is 12.3 Å². The molecule has 0 radical (unpaired) electrons. The lowest BCUT2D eigenvalue weighted by Crippen LogP contribution is -2.34. The predicted octanol–water partition coefficient (Wildman–Crippen LogP) is 4.29. The van der Waals surface area contributed by atoms with E-state index in [1.807, 2.05) is 54.3 Å². The Balaban J connectivity index is 1.83. The van der Waals surface area contributed by atoms with Crippen molar-refractivity contribution in [2.24, 2.45) is 0 Å². The van der Waals surface area contributed by atoms with Gasteiger partial charge in [0, 0.05) is 29.6 Å². The molecule has 1 aliphatic rings. The van der Waals surface area contributed by atoms with Crippen molar-refractivity contribution in [3.63, 3.8) is 0 Å². The van der Waals surface area contributed by atoms with Gasteiger partial charge in [0.25, 0.3) is 0 Å². The summed E-state index contributed by atoms with van der Waals surface area (Å²) >= 11 is 1.73. The topological polar surface area (TPSA) is 50.8 Å². The maximum atomic E-state index is 12.8. The molecular formula is C19H22N2O3S. The average Bonchev–Trinajstić information content (AvgIpc) is 3.12. The molecule has 1 heterocycles. The highest BCUT2D eigenvalue weighted by atomic mass is 32.2. The number of nitrogens with zero attached hydrogens (tertiary/aromatic N) is 1. The molecule has 2 aromatic carbocycles. The lowest BCUT2D eigenvalue weighted by molar-refractivity contribution is 0.213. The van der Waals surface area contributed by atoms with E-state index >= 15 is 0 Å². The maximum absolute atomic E-state index is 12.8. The number of carbonyl (C=O) groups excluding carboxylic acids is 1. The molecule has 0 bridgehead atoms. The first-order chi connectivity index (χ1) is 12.1. The maximum Gasteiger partial charge on any atom is 0.323 e. The molecule has 1 N–H and O–H groups in total. The van der Waals surface area contributed by atoms with E-state index in [2.05, 4.69) is 5.32 Å². The lowest BCUT2D eigenvalue weighted by Gasteiger charge is -2.26. The Bertz CT molecular complexity index is 766.